The second-order valence-electron chi connectivity index (χ2n) is 7.78. The smallest absolute Gasteiger partial charge is 0.228 e. The molecule has 0 spiro atoms. The van der Waals surface area contributed by atoms with Crippen LogP contribution in [0.2, 0.25) is 5.02 Å². The molecule has 168 valence electrons. The summed E-state index contributed by atoms with van der Waals surface area (Å²) >= 11 is 5.56. The van der Waals surface area contributed by atoms with Crippen LogP contribution in [0, 0.1) is 0 Å². The van der Waals surface area contributed by atoms with Crippen molar-refractivity contribution < 1.29 is 4.55 Å². The van der Waals surface area contributed by atoms with Crippen molar-refractivity contribution in [2.75, 3.05) is 65.9 Å². The Morgan fingerprint density at radius 3 is 2.56 bits per heavy atom. The minimum absolute atomic E-state index is 0.525. The normalized spacial score (nSPS) is 17.7. The van der Waals surface area contributed by atoms with Gasteiger partial charge in [0.25, 0.3) is 0 Å². The number of fused-ring (bicyclic) bond motifs is 1. The van der Waals surface area contributed by atoms with E-state index in [1.807, 2.05) is 24.3 Å². The van der Waals surface area contributed by atoms with Crippen LogP contribution in [0.5, 0.6) is 0 Å². The summed E-state index contributed by atoms with van der Waals surface area (Å²) in [5.41, 5.74) is 2.37. The van der Waals surface area contributed by atoms with Gasteiger partial charge in [0.15, 0.2) is 11.6 Å². The molecule has 2 saturated heterocycles. The van der Waals surface area contributed by atoms with Gasteiger partial charge in [0.05, 0.1) is 13.1 Å². The molecule has 0 saturated carbocycles. The number of nitrogens with one attached hydrogen (secondary N) is 2. The standard InChI is InChI=1S/C21H25ClN8OS/c22-16-4-2-1-3-15(16)13-24-19-17-18(25-14-26-19)20(29-9-11-32(31)12-10-29)28-21(27-17)30-7-5-23-6-8-30/h1-4,14,23H,5-13H2,(H,24,25,26). The number of hydrogen-bond donors (Lipinski definition) is 2. The predicted octanol–water partition coefficient (Wildman–Crippen LogP) is 1.66. The number of nitrogens with zero attached hydrogens (tertiary/aromatic N) is 6. The molecule has 2 aromatic heterocycles. The zero-order valence-electron chi connectivity index (χ0n) is 17.6. The molecule has 0 unspecified atom stereocenters. The number of rotatable bonds is 5. The number of benzene rings is 1. The second kappa shape index (κ2) is 9.62. The molecule has 2 aliphatic rings. The zero-order valence-corrected chi connectivity index (χ0v) is 19.2. The van der Waals surface area contributed by atoms with Gasteiger partial charge in [-0.1, -0.05) is 41.0 Å². The number of anilines is 3. The van der Waals surface area contributed by atoms with Gasteiger partial charge in [-0.05, 0) is 11.6 Å². The summed E-state index contributed by atoms with van der Waals surface area (Å²) in [5, 5.41) is 7.46. The van der Waals surface area contributed by atoms with Crippen LogP contribution < -0.4 is 20.4 Å². The molecule has 0 bridgehead atoms. The molecular weight excluding hydrogens is 448 g/mol. The molecule has 2 N–H and O–H groups in total. The molecule has 0 amide bonds. The highest BCUT2D eigenvalue weighted by Crippen LogP contribution is 2.30. The quantitative estimate of drug-likeness (QED) is 0.536. The molecule has 9 nitrogen and oxygen atoms in total. The van der Waals surface area contributed by atoms with Crippen molar-refractivity contribution in [3.8, 4) is 0 Å². The first-order valence-corrected chi connectivity index (χ1v) is 12.6. The fourth-order valence-electron chi connectivity index (χ4n) is 3.95. The Kier molecular flexibility index (Phi) is 6.44. The SMILES string of the molecule is [O-][S+]1CCN(c2nc(N3CCNCC3)nc3c(NCc4ccccc4Cl)ncnc23)CC1. The van der Waals surface area contributed by atoms with Crippen LogP contribution in [0.15, 0.2) is 30.6 Å². The van der Waals surface area contributed by atoms with Gasteiger partial charge in [0.1, 0.15) is 28.9 Å². The highest BCUT2D eigenvalue weighted by molar-refractivity contribution is 7.91. The van der Waals surface area contributed by atoms with E-state index in [0.717, 1.165) is 37.6 Å². The third kappa shape index (κ3) is 4.54. The maximum atomic E-state index is 11.9. The van der Waals surface area contributed by atoms with Crippen LogP contribution >= 0.6 is 11.6 Å². The minimum atomic E-state index is -0.770. The van der Waals surface area contributed by atoms with Crippen LogP contribution in [0.3, 0.4) is 0 Å². The van der Waals surface area contributed by atoms with E-state index in [0.29, 0.717) is 59.0 Å². The molecule has 11 heteroatoms. The average molecular weight is 473 g/mol. The van der Waals surface area contributed by atoms with E-state index >= 15 is 0 Å². The van der Waals surface area contributed by atoms with Crippen LogP contribution in [-0.2, 0) is 17.7 Å². The first kappa shape index (κ1) is 21.4. The Labute approximate surface area is 194 Å². The lowest BCUT2D eigenvalue weighted by Gasteiger charge is -2.32. The summed E-state index contributed by atoms with van der Waals surface area (Å²) in [6.45, 7) is 5.36. The third-order valence-electron chi connectivity index (χ3n) is 5.73. The van der Waals surface area contributed by atoms with E-state index in [1.54, 1.807) is 0 Å². The molecule has 1 aromatic carbocycles. The van der Waals surface area contributed by atoms with E-state index in [2.05, 4.69) is 30.4 Å². The van der Waals surface area contributed by atoms with E-state index in [1.165, 1.54) is 6.33 Å². The Bertz CT molecular complexity index is 1090. The van der Waals surface area contributed by atoms with Gasteiger partial charge in [-0.25, -0.2) is 15.0 Å². The highest BCUT2D eigenvalue weighted by atomic mass is 35.5. The van der Waals surface area contributed by atoms with Crippen LogP contribution in [0.1, 0.15) is 5.56 Å². The molecule has 4 heterocycles. The zero-order chi connectivity index (χ0) is 21.9. The van der Waals surface area contributed by atoms with Gasteiger partial charge >= 0.3 is 0 Å². The van der Waals surface area contributed by atoms with Crippen molar-refractivity contribution in [1.29, 1.82) is 0 Å². The Hall–Kier alpha value is -2.40. The lowest BCUT2D eigenvalue weighted by Crippen LogP contribution is -2.45. The van der Waals surface area contributed by atoms with E-state index in [-0.39, 0.29) is 0 Å². The first-order valence-electron chi connectivity index (χ1n) is 10.7. The first-order chi connectivity index (χ1) is 15.7. The minimum Gasteiger partial charge on any atom is -0.616 e. The summed E-state index contributed by atoms with van der Waals surface area (Å²) in [6.07, 6.45) is 1.54. The van der Waals surface area contributed by atoms with Crippen LogP contribution in [-0.4, -0.2) is 75.3 Å². The van der Waals surface area contributed by atoms with Crippen molar-refractivity contribution in [3.05, 3.63) is 41.2 Å². The fourth-order valence-corrected chi connectivity index (χ4v) is 5.20. The van der Waals surface area contributed by atoms with Gasteiger partial charge in [0.2, 0.25) is 5.95 Å². The van der Waals surface area contributed by atoms with Crippen molar-refractivity contribution in [2.45, 2.75) is 6.54 Å². The van der Waals surface area contributed by atoms with Gasteiger partial charge in [-0.15, -0.1) is 0 Å². The van der Waals surface area contributed by atoms with Gasteiger partial charge in [-0.2, -0.15) is 4.98 Å². The van der Waals surface area contributed by atoms with Gasteiger partial charge in [-0.3, -0.25) is 0 Å². The molecule has 3 aromatic rings. The van der Waals surface area contributed by atoms with Gasteiger partial charge < -0.3 is 25.0 Å². The molecule has 0 aliphatic carbocycles. The Morgan fingerprint density at radius 1 is 1.00 bits per heavy atom. The largest absolute Gasteiger partial charge is 0.616 e. The van der Waals surface area contributed by atoms with Crippen molar-refractivity contribution in [2.24, 2.45) is 0 Å². The summed E-state index contributed by atoms with van der Waals surface area (Å²) in [5.74, 6) is 3.38. The second-order valence-corrected chi connectivity index (χ2v) is 9.89. The lowest BCUT2D eigenvalue weighted by atomic mass is 10.2. The topological polar surface area (TPSA) is 105 Å². The van der Waals surface area contributed by atoms with Crippen LogP contribution in [0.25, 0.3) is 11.0 Å². The molecule has 2 fully saturated rings. The summed E-state index contributed by atoms with van der Waals surface area (Å²) in [4.78, 5) is 23.2. The monoisotopic (exact) mass is 472 g/mol. The summed E-state index contributed by atoms with van der Waals surface area (Å²) < 4.78 is 11.9. The summed E-state index contributed by atoms with van der Waals surface area (Å²) in [6, 6.07) is 7.74. The van der Waals surface area contributed by atoms with E-state index < -0.39 is 11.2 Å². The number of aromatic nitrogens is 4. The van der Waals surface area contributed by atoms with Crippen LogP contribution in [0.4, 0.5) is 17.6 Å². The molecule has 0 radical (unpaired) electrons. The molecule has 32 heavy (non-hydrogen) atoms. The maximum absolute atomic E-state index is 11.9. The fraction of sp³-hybridized carbons (Fsp3) is 0.429. The van der Waals surface area contributed by atoms with Gasteiger partial charge in [0, 0.05) is 37.7 Å². The molecule has 2 aliphatic heterocycles. The Morgan fingerprint density at radius 2 is 1.78 bits per heavy atom. The van der Waals surface area contributed by atoms with E-state index in [4.69, 9.17) is 21.6 Å². The summed E-state index contributed by atoms with van der Waals surface area (Å²) in [7, 11) is 0. The third-order valence-corrected chi connectivity index (χ3v) is 7.38. The molecular formula is C21H25ClN8OS. The number of hydrogen-bond acceptors (Lipinski definition) is 9. The molecule has 0 atom stereocenters. The Balaban J connectivity index is 1.54. The van der Waals surface area contributed by atoms with Crippen molar-refractivity contribution in [1.82, 2.24) is 25.3 Å². The van der Waals surface area contributed by atoms with Crippen molar-refractivity contribution >= 4 is 51.4 Å². The highest BCUT2D eigenvalue weighted by Gasteiger charge is 2.26. The lowest BCUT2D eigenvalue weighted by molar-refractivity contribution is 0.578. The maximum Gasteiger partial charge on any atom is 0.228 e. The molecule has 5 rings (SSSR count). The average Bonchev–Trinajstić information content (AvgIpc) is 2.84. The number of halogens is 1. The predicted molar refractivity (Wildman–Crippen MR) is 129 cm³/mol. The van der Waals surface area contributed by atoms with Crippen molar-refractivity contribution in [3.63, 3.8) is 0 Å². The number of piperazine rings is 1. The van der Waals surface area contributed by atoms with E-state index in [9.17, 15) is 4.55 Å².